The van der Waals surface area contributed by atoms with Crippen LogP contribution in [0.5, 0.6) is 0 Å². The van der Waals surface area contributed by atoms with Crippen molar-refractivity contribution in [3.05, 3.63) is 34.9 Å². The van der Waals surface area contributed by atoms with E-state index in [1.807, 2.05) is 20.8 Å². The van der Waals surface area contributed by atoms with E-state index in [0.717, 1.165) is 5.56 Å². The molecule has 0 aliphatic heterocycles. The van der Waals surface area contributed by atoms with E-state index >= 15 is 0 Å². The van der Waals surface area contributed by atoms with Gasteiger partial charge in [-0.2, -0.15) is 0 Å². The summed E-state index contributed by atoms with van der Waals surface area (Å²) in [7, 11) is 0. The number of rotatable bonds is 5. The summed E-state index contributed by atoms with van der Waals surface area (Å²) in [6, 6.07) is 6.07. The standard InChI is InChI=1S/C16H25NO2/c1-6-19-15(18)16(4,5)10-14(17)13-8-7-11(2)9-12(13)3/h7-9,14H,6,10,17H2,1-5H3. The summed E-state index contributed by atoms with van der Waals surface area (Å²) in [4.78, 5) is 11.9. The van der Waals surface area contributed by atoms with Gasteiger partial charge in [0.2, 0.25) is 0 Å². The predicted molar refractivity (Wildman–Crippen MR) is 77.9 cm³/mol. The highest BCUT2D eigenvalue weighted by molar-refractivity contribution is 5.76. The molecule has 0 saturated heterocycles. The first kappa shape index (κ1) is 15.7. The lowest BCUT2D eigenvalue weighted by Gasteiger charge is -2.26. The molecule has 1 aromatic rings. The first-order valence-electron chi connectivity index (χ1n) is 6.78. The van der Waals surface area contributed by atoms with E-state index in [9.17, 15) is 4.79 Å². The summed E-state index contributed by atoms with van der Waals surface area (Å²) in [6.07, 6.45) is 0.579. The third kappa shape index (κ3) is 4.06. The Balaban J connectivity index is 2.84. The van der Waals surface area contributed by atoms with Crippen molar-refractivity contribution < 1.29 is 9.53 Å². The van der Waals surface area contributed by atoms with E-state index < -0.39 is 5.41 Å². The Hall–Kier alpha value is -1.35. The van der Waals surface area contributed by atoms with Gasteiger partial charge in [0.1, 0.15) is 0 Å². The van der Waals surface area contributed by atoms with Crippen LogP contribution in [0.2, 0.25) is 0 Å². The molecule has 0 aliphatic carbocycles. The zero-order chi connectivity index (χ0) is 14.6. The Morgan fingerprint density at radius 2 is 2.00 bits per heavy atom. The lowest BCUT2D eigenvalue weighted by Crippen LogP contribution is -2.31. The van der Waals surface area contributed by atoms with E-state index in [0.29, 0.717) is 13.0 Å². The Labute approximate surface area is 116 Å². The zero-order valence-corrected chi connectivity index (χ0v) is 12.6. The lowest BCUT2D eigenvalue weighted by molar-refractivity contribution is -0.154. The second kappa shape index (κ2) is 6.20. The summed E-state index contributed by atoms with van der Waals surface area (Å²) in [5.74, 6) is -0.185. The van der Waals surface area contributed by atoms with Crippen LogP contribution in [0.15, 0.2) is 18.2 Å². The van der Waals surface area contributed by atoms with Crippen molar-refractivity contribution in [1.82, 2.24) is 0 Å². The maximum absolute atomic E-state index is 11.9. The summed E-state index contributed by atoms with van der Waals surface area (Å²) >= 11 is 0. The number of hydrogen-bond donors (Lipinski definition) is 1. The van der Waals surface area contributed by atoms with Gasteiger partial charge >= 0.3 is 5.97 Å². The Kier molecular flexibility index (Phi) is 5.12. The van der Waals surface area contributed by atoms with Crippen LogP contribution in [0, 0.1) is 19.3 Å². The molecule has 0 bridgehead atoms. The maximum Gasteiger partial charge on any atom is 0.311 e. The highest BCUT2D eigenvalue weighted by Crippen LogP contribution is 2.31. The van der Waals surface area contributed by atoms with Crippen LogP contribution >= 0.6 is 0 Å². The summed E-state index contributed by atoms with van der Waals surface area (Å²) < 4.78 is 5.10. The molecule has 2 N–H and O–H groups in total. The number of carbonyl (C=O) groups is 1. The van der Waals surface area contributed by atoms with Crippen LogP contribution in [0.1, 0.15) is 49.9 Å². The van der Waals surface area contributed by atoms with Crippen LogP contribution in [-0.4, -0.2) is 12.6 Å². The number of esters is 1. The van der Waals surface area contributed by atoms with Crippen molar-refractivity contribution in [2.24, 2.45) is 11.1 Å². The predicted octanol–water partition coefficient (Wildman–Crippen LogP) is 3.28. The minimum absolute atomic E-state index is 0.153. The molecule has 0 radical (unpaired) electrons. The SMILES string of the molecule is CCOC(=O)C(C)(C)CC(N)c1ccc(C)cc1C. The largest absolute Gasteiger partial charge is 0.466 e. The monoisotopic (exact) mass is 263 g/mol. The molecule has 1 rings (SSSR count). The Morgan fingerprint density at radius 1 is 1.37 bits per heavy atom. The van der Waals surface area contributed by atoms with E-state index in [1.165, 1.54) is 11.1 Å². The maximum atomic E-state index is 11.9. The average molecular weight is 263 g/mol. The number of benzene rings is 1. The minimum atomic E-state index is -0.563. The average Bonchev–Trinajstić information content (AvgIpc) is 2.28. The fourth-order valence-electron chi connectivity index (χ4n) is 2.31. The van der Waals surface area contributed by atoms with Gasteiger partial charge < -0.3 is 10.5 Å². The van der Waals surface area contributed by atoms with E-state index in [4.69, 9.17) is 10.5 Å². The minimum Gasteiger partial charge on any atom is -0.466 e. The molecular formula is C16H25NO2. The third-order valence-corrected chi connectivity index (χ3v) is 3.38. The normalized spacial score (nSPS) is 13.2. The second-order valence-corrected chi connectivity index (χ2v) is 5.78. The van der Waals surface area contributed by atoms with Crippen molar-refractivity contribution in [2.45, 2.75) is 47.1 Å². The molecule has 1 aromatic carbocycles. The Morgan fingerprint density at radius 3 is 2.53 bits per heavy atom. The summed E-state index contributed by atoms with van der Waals surface area (Å²) in [6.45, 7) is 10.1. The number of aryl methyl sites for hydroxylation is 2. The molecule has 0 amide bonds. The molecule has 1 atom stereocenters. The van der Waals surface area contributed by atoms with Gasteiger partial charge in [0.15, 0.2) is 0 Å². The molecule has 19 heavy (non-hydrogen) atoms. The van der Waals surface area contributed by atoms with E-state index in [2.05, 4.69) is 32.0 Å². The molecule has 3 nitrogen and oxygen atoms in total. The molecule has 0 aromatic heterocycles. The van der Waals surface area contributed by atoms with Gasteiger partial charge in [-0.05, 0) is 52.2 Å². The van der Waals surface area contributed by atoms with Crippen LogP contribution < -0.4 is 5.73 Å². The summed E-state index contributed by atoms with van der Waals surface area (Å²) in [5, 5.41) is 0. The number of carbonyl (C=O) groups excluding carboxylic acids is 1. The van der Waals surface area contributed by atoms with Gasteiger partial charge in [-0.15, -0.1) is 0 Å². The molecule has 0 saturated carbocycles. The highest BCUT2D eigenvalue weighted by Gasteiger charge is 2.32. The second-order valence-electron chi connectivity index (χ2n) is 5.78. The first-order valence-corrected chi connectivity index (χ1v) is 6.78. The molecule has 0 aliphatic rings. The van der Waals surface area contributed by atoms with Crippen LogP contribution in [0.25, 0.3) is 0 Å². The quantitative estimate of drug-likeness (QED) is 0.829. The number of hydrogen-bond acceptors (Lipinski definition) is 3. The Bertz CT molecular complexity index is 452. The molecular weight excluding hydrogens is 238 g/mol. The van der Waals surface area contributed by atoms with Gasteiger partial charge in [-0.3, -0.25) is 4.79 Å². The third-order valence-electron chi connectivity index (χ3n) is 3.38. The first-order chi connectivity index (χ1) is 8.77. The summed E-state index contributed by atoms with van der Waals surface area (Å²) in [5.41, 5.74) is 9.19. The van der Waals surface area contributed by atoms with Crippen molar-refractivity contribution in [3.8, 4) is 0 Å². The molecule has 0 heterocycles. The lowest BCUT2D eigenvalue weighted by atomic mass is 9.83. The topological polar surface area (TPSA) is 52.3 Å². The zero-order valence-electron chi connectivity index (χ0n) is 12.6. The smallest absolute Gasteiger partial charge is 0.311 e. The highest BCUT2D eigenvalue weighted by atomic mass is 16.5. The van der Waals surface area contributed by atoms with Gasteiger partial charge in [0.25, 0.3) is 0 Å². The van der Waals surface area contributed by atoms with Crippen LogP contribution in [0.4, 0.5) is 0 Å². The molecule has 0 fully saturated rings. The van der Waals surface area contributed by atoms with E-state index in [-0.39, 0.29) is 12.0 Å². The molecule has 1 unspecified atom stereocenters. The van der Waals surface area contributed by atoms with Gasteiger partial charge in [0.05, 0.1) is 12.0 Å². The van der Waals surface area contributed by atoms with Crippen molar-refractivity contribution >= 4 is 5.97 Å². The van der Waals surface area contributed by atoms with Gasteiger partial charge in [-0.1, -0.05) is 23.8 Å². The fraction of sp³-hybridized carbons (Fsp3) is 0.562. The van der Waals surface area contributed by atoms with Crippen molar-refractivity contribution in [2.75, 3.05) is 6.61 Å². The molecule has 0 spiro atoms. The fourth-order valence-corrected chi connectivity index (χ4v) is 2.31. The molecule has 106 valence electrons. The van der Waals surface area contributed by atoms with E-state index in [1.54, 1.807) is 0 Å². The van der Waals surface area contributed by atoms with Gasteiger partial charge in [-0.25, -0.2) is 0 Å². The van der Waals surface area contributed by atoms with Crippen molar-refractivity contribution in [1.29, 1.82) is 0 Å². The van der Waals surface area contributed by atoms with Crippen LogP contribution in [0.3, 0.4) is 0 Å². The van der Waals surface area contributed by atoms with Crippen molar-refractivity contribution in [3.63, 3.8) is 0 Å². The molecule has 3 heteroatoms. The number of ether oxygens (including phenoxy) is 1. The number of nitrogens with two attached hydrogens (primary N) is 1. The van der Waals surface area contributed by atoms with Crippen LogP contribution in [-0.2, 0) is 9.53 Å². The van der Waals surface area contributed by atoms with Gasteiger partial charge in [0, 0.05) is 6.04 Å².